The third-order valence-electron chi connectivity index (χ3n) is 2.97. The molecule has 116 valence electrons. The van der Waals surface area contributed by atoms with E-state index in [4.69, 9.17) is 19.3 Å². The second-order valence-corrected chi connectivity index (χ2v) is 4.19. The van der Waals surface area contributed by atoms with Crippen LogP contribution in [0.3, 0.4) is 0 Å². The van der Waals surface area contributed by atoms with Crippen LogP contribution in [0.4, 0.5) is 0 Å². The van der Waals surface area contributed by atoms with Gasteiger partial charge in [-0.25, -0.2) is 9.78 Å². The first kappa shape index (κ1) is 15.4. The lowest BCUT2D eigenvalue weighted by molar-refractivity contribution is 0.0694. The predicted molar refractivity (Wildman–Crippen MR) is 76.9 cm³/mol. The van der Waals surface area contributed by atoms with E-state index in [0.717, 1.165) is 6.20 Å². The summed E-state index contributed by atoms with van der Waals surface area (Å²) in [5.41, 5.74) is -0.689. The van der Waals surface area contributed by atoms with E-state index in [1.54, 1.807) is 12.1 Å². The fourth-order valence-electron chi connectivity index (χ4n) is 1.91. The first-order chi connectivity index (χ1) is 10.5. The number of aromatic carboxylic acids is 1. The number of benzene rings is 1. The summed E-state index contributed by atoms with van der Waals surface area (Å²) in [4.78, 5) is 28.9. The molecule has 0 saturated heterocycles. The first-order valence-electron chi connectivity index (χ1n) is 6.14. The highest BCUT2D eigenvalue weighted by Gasteiger charge is 2.16. The fourth-order valence-corrected chi connectivity index (χ4v) is 1.91. The minimum atomic E-state index is -1.34. The molecule has 8 heteroatoms. The first-order valence-corrected chi connectivity index (χ1v) is 6.14. The monoisotopic (exact) mass is 306 g/mol. The number of hydrogen-bond acceptors (Lipinski definition) is 6. The lowest BCUT2D eigenvalue weighted by Crippen LogP contribution is -2.18. The van der Waals surface area contributed by atoms with Gasteiger partial charge < -0.3 is 24.3 Å². The number of aromatic nitrogens is 2. The molecule has 0 bridgehead atoms. The van der Waals surface area contributed by atoms with Gasteiger partial charge >= 0.3 is 5.97 Å². The number of rotatable bonds is 5. The number of carbonyl (C=O) groups is 1. The van der Waals surface area contributed by atoms with Crippen LogP contribution in [0.5, 0.6) is 17.2 Å². The Morgan fingerprint density at radius 1 is 1.14 bits per heavy atom. The van der Waals surface area contributed by atoms with Gasteiger partial charge in [0.05, 0.1) is 21.3 Å². The van der Waals surface area contributed by atoms with Crippen LogP contribution in [-0.2, 0) is 0 Å². The Kier molecular flexibility index (Phi) is 4.31. The molecular weight excluding hydrogens is 292 g/mol. The van der Waals surface area contributed by atoms with E-state index in [0.29, 0.717) is 22.8 Å². The van der Waals surface area contributed by atoms with Gasteiger partial charge in [0.25, 0.3) is 5.56 Å². The molecule has 0 unspecified atom stereocenters. The second kappa shape index (κ2) is 6.17. The van der Waals surface area contributed by atoms with Crippen molar-refractivity contribution in [3.05, 3.63) is 34.2 Å². The number of aromatic amines is 1. The fraction of sp³-hybridized carbons (Fsp3) is 0.214. The Morgan fingerprint density at radius 2 is 1.73 bits per heavy atom. The Bertz CT molecular complexity index is 743. The van der Waals surface area contributed by atoms with Gasteiger partial charge in [-0.2, -0.15) is 0 Å². The standard InChI is InChI=1S/C14H14N2O6/c1-20-9-4-7(5-10(21-2)11(9)22-3)12-15-6-8(14(18)19)13(17)16-12/h4-6H,1-3H3,(H,18,19)(H,15,16,17). The van der Waals surface area contributed by atoms with Crippen molar-refractivity contribution in [1.29, 1.82) is 0 Å². The van der Waals surface area contributed by atoms with Gasteiger partial charge in [0.15, 0.2) is 11.5 Å². The minimum absolute atomic E-state index is 0.189. The van der Waals surface area contributed by atoms with Crippen LogP contribution in [0.2, 0.25) is 0 Å². The topological polar surface area (TPSA) is 111 Å². The molecule has 0 aliphatic carbocycles. The van der Waals surface area contributed by atoms with Gasteiger partial charge in [0.1, 0.15) is 11.4 Å². The highest BCUT2D eigenvalue weighted by Crippen LogP contribution is 2.40. The number of hydrogen-bond donors (Lipinski definition) is 2. The highest BCUT2D eigenvalue weighted by atomic mass is 16.5. The van der Waals surface area contributed by atoms with E-state index in [1.165, 1.54) is 21.3 Å². The van der Waals surface area contributed by atoms with Crippen molar-refractivity contribution in [2.45, 2.75) is 0 Å². The maximum Gasteiger partial charge on any atom is 0.342 e. The predicted octanol–water partition coefficient (Wildman–Crippen LogP) is 1.16. The van der Waals surface area contributed by atoms with Crippen LogP contribution in [0.1, 0.15) is 10.4 Å². The van der Waals surface area contributed by atoms with Crippen molar-refractivity contribution in [3.63, 3.8) is 0 Å². The summed E-state index contributed by atoms with van der Waals surface area (Å²) in [6, 6.07) is 3.19. The van der Waals surface area contributed by atoms with E-state index in [9.17, 15) is 9.59 Å². The molecule has 1 aromatic heterocycles. The Labute approximate surface area is 125 Å². The third-order valence-corrected chi connectivity index (χ3v) is 2.97. The number of carboxylic acids is 1. The van der Waals surface area contributed by atoms with Crippen LogP contribution in [0, 0.1) is 0 Å². The van der Waals surface area contributed by atoms with Crippen molar-refractivity contribution in [2.24, 2.45) is 0 Å². The number of ether oxygens (including phenoxy) is 3. The highest BCUT2D eigenvalue weighted by molar-refractivity contribution is 5.86. The molecule has 22 heavy (non-hydrogen) atoms. The molecule has 1 aromatic carbocycles. The van der Waals surface area contributed by atoms with Crippen molar-refractivity contribution in [2.75, 3.05) is 21.3 Å². The number of methoxy groups -OCH3 is 3. The molecule has 0 fully saturated rings. The summed E-state index contributed by atoms with van der Waals surface area (Å²) in [6.07, 6.45) is 1.000. The average Bonchev–Trinajstić information content (AvgIpc) is 2.52. The summed E-state index contributed by atoms with van der Waals surface area (Å²) < 4.78 is 15.6. The smallest absolute Gasteiger partial charge is 0.342 e. The Morgan fingerprint density at radius 3 is 2.14 bits per heavy atom. The van der Waals surface area contributed by atoms with Crippen LogP contribution in [0.25, 0.3) is 11.4 Å². The Balaban J connectivity index is 2.60. The summed E-state index contributed by atoms with van der Waals surface area (Å²) in [7, 11) is 4.40. The number of H-pyrrole nitrogens is 1. The zero-order chi connectivity index (χ0) is 16.3. The van der Waals surface area contributed by atoms with Crippen molar-refractivity contribution in [1.82, 2.24) is 9.97 Å². The van der Waals surface area contributed by atoms with Crippen molar-refractivity contribution < 1.29 is 24.1 Å². The third kappa shape index (κ3) is 2.71. The van der Waals surface area contributed by atoms with E-state index < -0.39 is 17.1 Å². The molecule has 0 atom stereocenters. The molecule has 1 heterocycles. The zero-order valence-electron chi connectivity index (χ0n) is 12.2. The van der Waals surface area contributed by atoms with Crippen LogP contribution >= 0.6 is 0 Å². The summed E-state index contributed by atoms with van der Waals surface area (Å²) in [5, 5.41) is 8.84. The van der Waals surface area contributed by atoms with E-state index in [2.05, 4.69) is 9.97 Å². The molecular formula is C14H14N2O6. The molecule has 0 aliphatic heterocycles. The molecule has 0 spiro atoms. The van der Waals surface area contributed by atoms with Gasteiger partial charge in [-0.15, -0.1) is 0 Å². The van der Waals surface area contributed by atoms with Crippen LogP contribution in [0.15, 0.2) is 23.1 Å². The van der Waals surface area contributed by atoms with Gasteiger partial charge in [-0.1, -0.05) is 0 Å². The average molecular weight is 306 g/mol. The SMILES string of the molecule is COc1cc(-c2ncc(C(=O)O)c(=O)[nH]2)cc(OC)c1OC. The summed E-state index contributed by atoms with van der Waals surface area (Å²) in [6.45, 7) is 0. The van der Waals surface area contributed by atoms with E-state index >= 15 is 0 Å². The van der Waals surface area contributed by atoms with Crippen molar-refractivity contribution in [3.8, 4) is 28.6 Å². The zero-order valence-corrected chi connectivity index (χ0v) is 12.2. The molecule has 2 aromatic rings. The summed E-state index contributed by atoms with van der Waals surface area (Å²) in [5.74, 6) is 0.0290. The van der Waals surface area contributed by atoms with Gasteiger partial charge in [0, 0.05) is 11.8 Å². The molecule has 0 aliphatic rings. The quantitative estimate of drug-likeness (QED) is 0.852. The molecule has 2 N–H and O–H groups in total. The molecule has 8 nitrogen and oxygen atoms in total. The summed E-state index contributed by atoms with van der Waals surface area (Å²) >= 11 is 0. The van der Waals surface area contributed by atoms with E-state index in [1.807, 2.05) is 0 Å². The molecule has 2 rings (SSSR count). The lowest BCUT2D eigenvalue weighted by Gasteiger charge is -2.13. The minimum Gasteiger partial charge on any atom is -0.493 e. The maximum atomic E-state index is 11.7. The van der Waals surface area contributed by atoms with E-state index in [-0.39, 0.29) is 5.82 Å². The number of nitrogens with zero attached hydrogens (tertiary/aromatic N) is 1. The van der Waals surface area contributed by atoms with Crippen molar-refractivity contribution >= 4 is 5.97 Å². The number of carboxylic acid groups (broad SMARTS) is 1. The van der Waals surface area contributed by atoms with Gasteiger partial charge in [0.2, 0.25) is 5.75 Å². The molecule has 0 radical (unpaired) electrons. The van der Waals surface area contributed by atoms with Gasteiger partial charge in [-0.05, 0) is 12.1 Å². The number of nitrogens with one attached hydrogen (secondary N) is 1. The largest absolute Gasteiger partial charge is 0.493 e. The molecule has 0 saturated carbocycles. The molecule has 0 amide bonds. The van der Waals surface area contributed by atoms with Crippen LogP contribution in [-0.4, -0.2) is 42.4 Å². The van der Waals surface area contributed by atoms with Gasteiger partial charge in [-0.3, -0.25) is 4.79 Å². The normalized spacial score (nSPS) is 10.1. The Hall–Kier alpha value is -3.03. The maximum absolute atomic E-state index is 11.7. The second-order valence-electron chi connectivity index (χ2n) is 4.19. The van der Waals surface area contributed by atoms with Crippen LogP contribution < -0.4 is 19.8 Å². The lowest BCUT2D eigenvalue weighted by atomic mass is 10.1.